The van der Waals surface area contributed by atoms with Gasteiger partial charge in [-0.05, 0) is 71.0 Å². The summed E-state index contributed by atoms with van der Waals surface area (Å²) in [6, 6.07) is 16.3. The van der Waals surface area contributed by atoms with Crippen LogP contribution in [0.2, 0.25) is 0 Å². The first kappa shape index (κ1) is 21.9. The largest absolute Gasteiger partial charge is 0.322 e. The van der Waals surface area contributed by atoms with Gasteiger partial charge >= 0.3 is 0 Å². The topological polar surface area (TPSA) is 79.7 Å². The fourth-order valence-corrected chi connectivity index (χ4v) is 5.41. The summed E-state index contributed by atoms with van der Waals surface area (Å²) in [6.45, 7) is 6.62. The number of pyridine rings is 1. The van der Waals surface area contributed by atoms with Crippen molar-refractivity contribution in [1.82, 2.24) is 30.1 Å². The summed E-state index contributed by atoms with van der Waals surface area (Å²) in [5, 5.41) is 13.8. The maximum absolute atomic E-state index is 13.3. The molecule has 0 bridgehead atoms. The van der Waals surface area contributed by atoms with Crippen molar-refractivity contribution in [2.75, 3.05) is 24.6 Å². The van der Waals surface area contributed by atoms with Crippen LogP contribution in [0, 0.1) is 13.8 Å². The Hall–Kier alpha value is -2.97. The molecule has 1 N–H and O–H groups in total. The van der Waals surface area contributed by atoms with Crippen LogP contribution in [0.4, 0.5) is 0 Å². The molecular formula is C25H28N6OS. The summed E-state index contributed by atoms with van der Waals surface area (Å²) in [7, 11) is 0. The predicted octanol–water partition coefficient (Wildman–Crippen LogP) is 3.51. The van der Waals surface area contributed by atoms with Crippen molar-refractivity contribution in [3.8, 4) is 0 Å². The molecule has 0 saturated carbocycles. The highest BCUT2D eigenvalue weighted by molar-refractivity contribution is 7.99. The van der Waals surface area contributed by atoms with E-state index in [4.69, 9.17) is 0 Å². The Labute approximate surface area is 197 Å². The second kappa shape index (κ2) is 9.49. The summed E-state index contributed by atoms with van der Waals surface area (Å²) in [5.74, 6) is 2.80. The van der Waals surface area contributed by atoms with E-state index in [2.05, 4.69) is 57.5 Å². The predicted molar refractivity (Wildman–Crippen MR) is 133 cm³/mol. The summed E-state index contributed by atoms with van der Waals surface area (Å²) < 4.78 is 1.86. The maximum atomic E-state index is 13.3. The minimum Gasteiger partial charge on any atom is -0.322 e. The molecule has 4 aromatic rings. The fraction of sp³-hybridized carbons (Fsp3) is 0.360. The second-order valence-electron chi connectivity index (χ2n) is 8.62. The Kier molecular flexibility index (Phi) is 6.28. The van der Waals surface area contributed by atoms with Crippen LogP contribution in [0.15, 0.2) is 53.3 Å². The molecule has 1 fully saturated rings. The van der Waals surface area contributed by atoms with Crippen molar-refractivity contribution in [2.24, 2.45) is 0 Å². The Bertz CT molecular complexity index is 1310. The van der Waals surface area contributed by atoms with E-state index in [0.29, 0.717) is 12.1 Å². The van der Waals surface area contributed by atoms with Gasteiger partial charge in [0.05, 0.1) is 0 Å². The van der Waals surface area contributed by atoms with Crippen molar-refractivity contribution in [3.05, 3.63) is 87.0 Å². The van der Waals surface area contributed by atoms with Gasteiger partial charge in [-0.15, -0.1) is 5.10 Å². The number of hydrogen-bond donors (Lipinski definition) is 1. The van der Waals surface area contributed by atoms with Gasteiger partial charge in [0.25, 0.3) is 5.56 Å². The van der Waals surface area contributed by atoms with Crippen LogP contribution in [0.25, 0.3) is 10.9 Å². The van der Waals surface area contributed by atoms with Gasteiger partial charge in [0.2, 0.25) is 0 Å². The zero-order valence-electron chi connectivity index (χ0n) is 19.0. The Morgan fingerprint density at radius 3 is 2.61 bits per heavy atom. The molecular weight excluding hydrogens is 432 g/mol. The normalized spacial score (nSPS) is 15.7. The number of rotatable bonds is 6. The smallest absolute Gasteiger partial charge is 0.253 e. The molecule has 170 valence electrons. The van der Waals surface area contributed by atoms with Crippen LogP contribution in [0.5, 0.6) is 0 Å². The number of hydrogen-bond acceptors (Lipinski definition) is 6. The highest BCUT2D eigenvalue weighted by Crippen LogP contribution is 2.29. The molecule has 0 spiro atoms. The number of nitrogens with zero attached hydrogens (tertiary/aromatic N) is 5. The monoisotopic (exact) mass is 460 g/mol. The molecule has 8 heteroatoms. The molecule has 33 heavy (non-hydrogen) atoms. The van der Waals surface area contributed by atoms with Gasteiger partial charge in [-0.1, -0.05) is 30.3 Å². The van der Waals surface area contributed by atoms with Crippen LogP contribution in [-0.4, -0.2) is 54.7 Å². The van der Waals surface area contributed by atoms with Gasteiger partial charge in [0.1, 0.15) is 6.04 Å². The van der Waals surface area contributed by atoms with Crippen LogP contribution in [0.1, 0.15) is 34.1 Å². The lowest BCUT2D eigenvalue weighted by Crippen LogP contribution is -2.40. The Balaban J connectivity index is 1.57. The molecule has 0 amide bonds. The first-order chi connectivity index (χ1) is 16.1. The van der Waals surface area contributed by atoms with Crippen molar-refractivity contribution in [1.29, 1.82) is 0 Å². The minimum atomic E-state index is -0.286. The lowest BCUT2D eigenvalue weighted by Gasteiger charge is -2.33. The number of tetrazole rings is 1. The van der Waals surface area contributed by atoms with Crippen LogP contribution >= 0.6 is 11.8 Å². The second-order valence-corrected chi connectivity index (χ2v) is 9.85. The molecule has 0 radical (unpaired) electrons. The summed E-state index contributed by atoms with van der Waals surface area (Å²) in [4.78, 5) is 18.8. The molecule has 7 nitrogen and oxygen atoms in total. The quantitative estimate of drug-likeness (QED) is 0.474. The van der Waals surface area contributed by atoms with E-state index < -0.39 is 0 Å². The van der Waals surface area contributed by atoms with E-state index in [1.54, 1.807) is 0 Å². The molecule has 1 aliphatic rings. The molecule has 1 aliphatic heterocycles. The van der Waals surface area contributed by atoms with E-state index in [1.807, 2.05) is 46.8 Å². The van der Waals surface area contributed by atoms with Crippen LogP contribution in [0.3, 0.4) is 0 Å². The molecule has 1 atom stereocenters. The number of aromatic amines is 1. The number of nitrogens with one attached hydrogen (secondary N) is 1. The highest BCUT2D eigenvalue weighted by Gasteiger charge is 2.31. The molecule has 0 unspecified atom stereocenters. The third kappa shape index (κ3) is 4.58. The first-order valence-electron chi connectivity index (χ1n) is 11.4. The van der Waals surface area contributed by atoms with E-state index in [0.717, 1.165) is 47.7 Å². The standard InChI is InChI=1S/C25H28N6OS/c1-17-14-20-16-21(25(32)26-22(20)15-18(17)2)23(30-10-12-33-13-11-30)24-27-28-29-31(24)9-8-19-6-4-3-5-7-19/h3-7,14-16,23H,8-13H2,1-2H3,(H,26,32)/t23-/m0/s1. The number of aromatic nitrogens is 5. The zero-order valence-corrected chi connectivity index (χ0v) is 19.8. The summed E-state index contributed by atoms with van der Waals surface area (Å²) >= 11 is 1.94. The van der Waals surface area contributed by atoms with Crippen molar-refractivity contribution < 1.29 is 0 Å². The minimum absolute atomic E-state index is 0.0772. The molecule has 3 heterocycles. The van der Waals surface area contributed by atoms with Crippen molar-refractivity contribution in [3.63, 3.8) is 0 Å². The van der Waals surface area contributed by atoms with Gasteiger partial charge in [-0.3, -0.25) is 9.69 Å². The molecule has 0 aliphatic carbocycles. The van der Waals surface area contributed by atoms with E-state index in [1.165, 1.54) is 16.7 Å². The van der Waals surface area contributed by atoms with E-state index in [9.17, 15) is 4.79 Å². The molecule has 5 rings (SSSR count). The molecule has 2 aromatic carbocycles. The van der Waals surface area contributed by atoms with E-state index in [-0.39, 0.29) is 11.6 Å². The van der Waals surface area contributed by atoms with Gasteiger partial charge in [0, 0.05) is 42.2 Å². The third-order valence-electron chi connectivity index (χ3n) is 6.45. The average Bonchev–Trinajstić information content (AvgIpc) is 3.29. The lowest BCUT2D eigenvalue weighted by atomic mass is 10.0. The van der Waals surface area contributed by atoms with E-state index >= 15 is 0 Å². The number of benzene rings is 2. The third-order valence-corrected chi connectivity index (χ3v) is 7.39. The first-order valence-corrected chi connectivity index (χ1v) is 12.5. The zero-order chi connectivity index (χ0) is 22.8. The van der Waals surface area contributed by atoms with Crippen molar-refractivity contribution in [2.45, 2.75) is 32.9 Å². The van der Waals surface area contributed by atoms with Crippen LogP contribution < -0.4 is 5.56 Å². The maximum Gasteiger partial charge on any atom is 0.253 e. The summed E-state index contributed by atoms with van der Waals surface area (Å²) in [6.07, 6.45) is 0.827. The molecule has 2 aromatic heterocycles. The fourth-order valence-electron chi connectivity index (χ4n) is 4.48. The summed E-state index contributed by atoms with van der Waals surface area (Å²) in [5.41, 5.74) is 5.10. The van der Waals surface area contributed by atoms with Gasteiger partial charge in [0.15, 0.2) is 5.82 Å². The number of fused-ring (bicyclic) bond motifs is 1. The van der Waals surface area contributed by atoms with Gasteiger partial charge in [-0.25, -0.2) is 4.68 Å². The SMILES string of the molecule is Cc1cc2cc([C@@H](c3nnnn3CCc3ccccc3)N3CCSCC3)c(=O)[nH]c2cc1C. The molecule has 1 saturated heterocycles. The highest BCUT2D eigenvalue weighted by atomic mass is 32.2. The van der Waals surface area contributed by atoms with Crippen molar-refractivity contribution >= 4 is 22.7 Å². The number of H-pyrrole nitrogens is 1. The Morgan fingerprint density at radius 1 is 1.06 bits per heavy atom. The van der Waals surface area contributed by atoms with Gasteiger partial charge in [-0.2, -0.15) is 11.8 Å². The number of thioether (sulfide) groups is 1. The average molecular weight is 461 g/mol. The van der Waals surface area contributed by atoms with Gasteiger partial charge < -0.3 is 4.98 Å². The van der Waals surface area contributed by atoms with Crippen LogP contribution in [-0.2, 0) is 13.0 Å². The Morgan fingerprint density at radius 2 is 1.82 bits per heavy atom. The lowest BCUT2D eigenvalue weighted by molar-refractivity contribution is 0.233. The number of aryl methyl sites for hydroxylation is 4.